The fourth-order valence-corrected chi connectivity index (χ4v) is 6.64. The summed E-state index contributed by atoms with van der Waals surface area (Å²) in [4.78, 5) is 13.3. The minimum atomic E-state index is -0.463. The number of rotatable bonds is 8. The van der Waals surface area contributed by atoms with Gasteiger partial charge in [-0.25, -0.2) is 0 Å². The molecule has 184 valence electrons. The monoisotopic (exact) mass is 473 g/mol. The van der Waals surface area contributed by atoms with Crippen LogP contribution in [0.4, 0.5) is 0 Å². The Kier molecular flexibility index (Phi) is 6.38. The number of hydrogen-bond acceptors (Lipinski definition) is 4. The second-order valence-corrected chi connectivity index (χ2v) is 10.7. The van der Waals surface area contributed by atoms with Crippen LogP contribution in [-0.4, -0.2) is 36.6 Å². The molecule has 2 aromatic rings. The number of benzene rings is 2. The SMILES string of the molecule is O=C(NC1CC2CCC1C2)C1=C[C@@H](c2ccc3c(c2)Cc2ccccc2-3)C[C@@H](OCCCCO)O1. The van der Waals surface area contributed by atoms with Crippen molar-refractivity contribution in [3.8, 4) is 11.1 Å². The standard InChI is InChI=1S/C30H35NO4/c32-11-3-4-12-34-29-18-23(17-28(35-29)30(33)31-27-14-19-7-8-22(27)13-19)20-9-10-26-24(15-20)16-21-5-1-2-6-25(21)26/h1-2,5-6,9-10,15,17,19,22-23,27,29,32H,3-4,7-8,11-14,16,18H2,(H,31,33)/t19?,22?,23-,27?,29+/m1/s1. The van der Waals surface area contributed by atoms with Gasteiger partial charge in [0.05, 0.1) is 6.61 Å². The summed E-state index contributed by atoms with van der Waals surface area (Å²) in [5.74, 6) is 1.73. The average molecular weight is 474 g/mol. The van der Waals surface area contributed by atoms with Gasteiger partial charge in [-0.05, 0) is 84.3 Å². The van der Waals surface area contributed by atoms with Gasteiger partial charge in [-0.15, -0.1) is 0 Å². The molecule has 1 amide bonds. The first-order valence-corrected chi connectivity index (χ1v) is 13.3. The number of fused-ring (bicyclic) bond motifs is 5. The van der Waals surface area contributed by atoms with Crippen molar-refractivity contribution in [2.24, 2.45) is 11.8 Å². The van der Waals surface area contributed by atoms with Gasteiger partial charge in [0.15, 0.2) is 5.76 Å². The fraction of sp³-hybridized carbons (Fsp3) is 0.500. The minimum absolute atomic E-state index is 0.0568. The molecule has 1 heterocycles. The summed E-state index contributed by atoms with van der Waals surface area (Å²) in [6.45, 7) is 0.671. The average Bonchev–Trinajstić information content (AvgIpc) is 3.60. The van der Waals surface area contributed by atoms with Crippen LogP contribution in [0.1, 0.15) is 67.6 Å². The van der Waals surface area contributed by atoms with Crippen LogP contribution < -0.4 is 5.32 Å². The van der Waals surface area contributed by atoms with E-state index in [4.69, 9.17) is 14.6 Å². The summed E-state index contributed by atoms with van der Waals surface area (Å²) >= 11 is 0. The molecule has 1 aliphatic heterocycles. The van der Waals surface area contributed by atoms with E-state index in [1.165, 1.54) is 47.1 Å². The fourth-order valence-electron chi connectivity index (χ4n) is 6.64. The van der Waals surface area contributed by atoms with Crippen molar-refractivity contribution < 1.29 is 19.4 Å². The number of ether oxygens (including phenoxy) is 2. The quantitative estimate of drug-likeness (QED) is 0.449. The van der Waals surface area contributed by atoms with Gasteiger partial charge in [0.25, 0.3) is 5.91 Å². The molecule has 3 unspecified atom stereocenters. The van der Waals surface area contributed by atoms with E-state index in [-0.39, 0.29) is 24.5 Å². The van der Waals surface area contributed by atoms with E-state index in [0.29, 0.717) is 31.1 Å². The van der Waals surface area contributed by atoms with Crippen LogP contribution in [-0.2, 0) is 20.7 Å². The Bertz CT molecular complexity index is 1130. The van der Waals surface area contributed by atoms with E-state index in [0.717, 1.165) is 25.2 Å². The van der Waals surface area contributed by atoms with Crippen LogP contribution in [0.25, 0.3) is 11.1 Å². The van der Waals surface area contributed by atoms with Gasteiger partial charge >= 0.3 is 0 Å². The summed E-state index contributed by atoms with van der Waals surface area (Å²) in [5.41, 5.74) is 6.56. The minimum Gasteiger partial charge on any atom is -0.459 e. The normalized spacial score (nSPS) is 28.3. The number of aliphatic hydroxyl groups excluding tert-OH is 1. The van der Waals surface area contributed by atoms with Crippen molar-refractivity contribution in [1.29, 1.82) is 0 Å². The maximum absolute atomic E-state index is 13.3. The van der Waals surface area contributed by atoms with Gasteiger partial charge in [0, 0.05) is 25.0 Å². The Hall–Kier alpha value is -2.63. The van der Waals surface area contributed by atoms with E-state index in [1.807, 2.05) is 6.08 Å². The van der Waals surface area contributed by atoms with Crippen molar-refractivity contribution in [3.05, 3.63) is 71.0 Å². The van der Waals surface area contributed by atoms with Crippen LogP contribution in [0.2, 0.25) is 0 Å². The van der Waals surface area contributed by atoms with Crippen molar-refractivity contribution in [2.75, 3.05) is 13.2 Å². The van der Waals surface area contributed by atoms with E-state index in [9.17, 15) is 4.79 Å². The highest BCUT2D eigenvalue weighted by Crippen LogP contribution is 2.45. The van der Waals surface area contributed by atoms with Crippen LogP contribution in [0.15, 0.2) is 54.3 Å². The Morgan fingerprint density at radius 3 is 2.74 bits per heavy atom. The Morgan fingerprint density at radius 1 is 1.03 bits per heavy atom. The highest BCUT2D eigenvalue weighted by Gasteiger charge is 2.41. The number of carbonyl (C=O) groups is 1. The number of carbonyl (C=O) groups excluding carboxylic acids is 1. The molecule has 5 nitrogen and oxygen atoms in total. The van der Waals surface area contributed by atoms with Gasteiger partial charge in [0.2, 0.25) is 6.29 Å². The molecule has 0 aromatic heterocycles. The molecule has 35 heavy (non-hydrogen) atoms. The van der Waals surface area contributed by atoms with Gasteiger partial charge in [-0.3, -0.25) is 4.79 Å². The summed E-state index contributed by atoms with van der Waals surface area (Å²) < 4.78 is 12.1. The molecule has 3 aliphatic carbocycles. The number of amides is 1. The molecule has 6 rings (SSSR count). The smallest absolute Gasteiger partial charge is 0.286 e. The second kappa shape index (κ2) is 9.79. The summed E-state index contributed by atoms with van der Waals surface area (Å²) in [5, 5.41) is 12.4. The molecule has 2 N–H and O–H groups in total. The molecule has 0 spiro atoms. The van der Waals surface area contributed by atoms with Gasteiger partial charge in [0.1, 0.15) is 0 Å². The molecule has 5 atom stereocenters. The lowest BCUT2D eigenvalue weighted by atomic mass is 9.90. The van der Waals surface area contributed by atoms with Gasteiger partial charge in [-0.2, -0.15) is 0 Å². The first-order valence-electron chi connectivity index (χ1n) is 13.3. The zero-order chi connectivity index (χ0) is 23.8. The van der Waals surface area contributed by atoms with Crippen LogP contribution >= 0.6 is 0 Å². The number of unbranched alkanes of at least 4 members (excludes halogenated alkanes) is 1. The highest BCUT2D eigenvalue weighted by molar-refractivity contribution is 5.92. The molecule has 2 saturated carbocycles. The lowest BCUT2D eigenvalue weighted by Crippen LogP contribution is -2.41. The van der Waals surface area contributed by atoms with Crippen molar-refractivity contribution >= 4 is 5.91 Å². The number of aliphatic hydroxyl groups is 1. The molecule has 0 radical (unpaired) electrons. The van der Waals surface area contributed by atoms with Crippen molar-refractivity contribution in [2.45, 2.75) is 69.6 Å². The maximum atomic E-state index is 13.3. The van der Waals surface area contributed by atoms with Gasteiger partial charge < -0.3 is 19.9 Å². The zero-order valence-electron chi connectivity index (χ0n) is 20.2. The first-order chi connectivity index (χ1) is 17.2. The van der Waals surface area contributed by atoms with E-state index >= 15 is 0 Å². The molecule has 2 aromatic carbocycles. The third kappa shape index (κ3) is 4.64. The number of nitrogens with one attached hydrogen (secondary N) is 1. The lowest BCUT2D eigenvalue weighted by molar-refractivity contribution is -0.147. The van der Waals surface area contributed by atoms with E-state index in [2.05, 4.69) is 47.8 Å². The topological polar surface area (TPSA) is 67.8 Å². The zero-order valence-corrected chi connectivity index (χ0v) is 20.2. The molecule has 0 saturated heterocycles. The van der Waals surface area contributed by atoms with E-state index in [1.54, 1.807) is 0 Å². The molecule has 2 bridgehead atoms. The number of hydrogen-bond donors (Lipinski definition) is 2. The third-order valence-electron chi connectivity index (χ3n) is 8.44. The largest absolute Gasteiger partial charge is 0.459 e. The first kappa shape index (κ1) is 22.8. The van der Waals surface area contributed by atoms with Gasteiger partial charge in [-0.1, -0.05) is 48.9 Å². The highest BCUT2D eigenvalue weighted by atomic mass is 16.7. The molecular weight excluding hydrogens is 438 g/mol. The van der Waals surface area contributed by atoms with Crippen molar-refractivity contribution in [1.82, 2.24) is 5.32 Å². The Morgan fingerprint density at radius 2 is 1.91 bits per heavy atom. The maximum Gasteiger partial charge on any atom is 0.286 e. The van der Waals surface area contributed by atoms with Crippen LogP contribution in [0.5, 0.6) is 0 Å². The number of allylic oxidation sites excluding steroid dienone is 1. The molecular formula is C30H35NO4. The van der Waals surface area contributed by atoms with Crippen LogP contribution in [0, 0.1) is 11.8 Å². The third-order valence-corrected chi connectivity index (χ3v) is 8.44. The Labute approximate surface area is 207 Å². The molecule has 2 fully saturated rings. The van der Waals surface area contributed by atoms with Crippen molar-refractivity contribution in [3.63, 3.8) is 0 Å². The molecule has 4 aliphatic rings. The summed E-state index contributed by atoms with van der Waals surface area (Å²) in [6, 6.07) is 15.6. The van der Waals surface area contributed by atoms with Crippen LogP contribution in [0.3, 0.4) is 0 Å². The Balaban J connectivity index is 1.21. The lowest BCUT2D eigenvalue weighted by Gasteiger charge is -2.31. The summed E-state index contributed by atoms with van der Waals surface area (Å²) in [6.07, 6.45) is 9.52. The predicted molar refractivity (Wildman–Crippen MR) is 135 cm³/mol. The second-order valence-electron chi connectivity index (χ2n) is 10.7. The van der Waals surface area contributed by atoms with E-state index < -0.39 is 6.29 Å². The molecule has 5 heteroatoms. The summed E-state index contributed by atoms with van der Waals surface area (Å²) in [7, 11) is 0. The predicted octanol–water partition coefficient (Wildman–Crippen LogP) is 5.07.